The second kappa shape index (κ2) is 11.1. The van der Waals surface area contributed by atoms with E-state index >= 15 is 0 Å². The number of guanidine groups is 1. The van der Waals surface area contributed by atoms with Gasteiger partial charge in [-0.3, -0.25) is 14.7 Å². The van der Waals surface area contributed by atoms with Crippen LogP contribution in [-0.4, -0.2) is 67.5 Å². The molecule has 2 aliphatic rings. The third-order valence-corrected chi connectivity index (χ3v) is 5.54. The van der Waals surface area contributed by atoms with Gasteiger partial charge in [-0.1, -0.05) is 6.42 Å². The topological polar surface area (TPSA) is 73.1 Å². The molecule has 1 aromatic rings. The Morgan fingerprint density at radius 1 is 1.21 bits per heavy atom. The highest BCUT2D eigenvalue weighted by atomic mass is 16.3. The predicted octanol–water partition coefficient (Wildman–Crippen LogP) is 2.37. The SMILES string of the molecule is CCNC(=NCC(c1ccco1)N1CCCCC1)NCCCN1CCCC1=O. The van der Waals surface area contributed by atoms with Crippen molar-refractivity contribution in [3.63, 3.8) is 0 Å². The number of nitrogens with zero attached hydrogens (tertiary/aromatic N) is 3. The summed E-state index contributed by atoms with van der Waals surface area (Å²) in [7, 11) is 0. The van der Waals surface area contributed by atoms with E-state index in [1.165, 1.54) is 19.3 Å². The van der Waals surface area contributed by atoms with Gasteiger partial charge in [-0.25, -0.2) is 0 Å². The smallest absolute Gasteiger partial charge is 0.222 e. The number of piperidine rings is 1. The molecule has 1 atom stereocenters. The molecule has 0 aromatic carbocycles. The Bertz CT molecular complexity index is 610. The number of carbonyl (C=O) groups is 1. The van der Waals surface area contributed by atoms with Crippen LogP contribution in [0.5, 0.6) is 0 Å². The van der Waals surface area contributed by atoms with Gasteiger partial charge in [0, 0.05) is 32.6 Å². The summed E-state index contributed by atoms with van der Waals surface area (Å²) in [5.41, 5.74) is 0. The molecule has 28 heavy (non-hydrogen) atoms. The van der Waals surface area contributed by atoms with Crippen LogP contribution in [0.4, 0.5) is 0 Å². The molecule has 0 bridgehead atoms. The quantitative estimate of drug-likeness (QED) is 0.385. The monoisotopic (exact) mass is 389 g/mol. The van der Waals surface area contributed by atoms with E-state index in [2.05, 4.69) is 28.5 Å². The van der Waals surface area contributed by atoms with E-state index in [0.717, 1.165) is 63.8 Å². The first-order valence-electron chi connectivity index (χ1n) is 10.9. The fourth-order valence-corrected chi connectivity index (χ4v) is 4.03. The molecule has 2 saturated heterocycles. The Balaban J connectivity index is 1.52. The predicted molar refractivity (Wildman–Crippen MR) is 111 cm³/mol. The third kappa shape index (κ3) is 5.99. The van der Waals surface area contributed by atoms with Crippen LogP contribution in [0.2, 0.25) is 0 Å². The summed E-state index contributed by atoms with van der Waals surface area (Å²) >= 11 is 0. The van der Waals surface area contributed by atoms with Crippen LogP contribution in [-0.2, 0) is 4.79 Å². The number of rotatable bonds is 9. The Morgan fingerprint density at radius 2 is 2.07 bits per heavy atom. The second-order valence-corrected chi connectivity index (χ2v) is 7.61. The molecule has 0 radical (unpaired) electrons. The van der Waals surface area contributed by atoms with Crippen LogP contribution >= 0.6 is 0 Å². The van der Waals surface area contributed by atoms with Crippen LogP contribution in [0.15, 0.2) is 27.8 Å². The fourth-order valence-electron chi connectivity index (χ4n) is 4.03. The van der Waals surface area contributed by atoms with Crippen LogP contribution in [0.1, 0.15) is 57.3 Å². The van der Waals surface area contributed by atoms with Gasteiger partial charge in [0.2, 0.25) is 5.91 Å². The number of amides is 1. The maximum atomic E-state index is 11.7. The van der Waals surface area contributed by atoms with Crippen molar-refractivity contribution in [2.24, 2.45) is 4.99 Å². The molecular weight excluding hydrogens is 354 g/mol. The van der Waals surface area contributed by atoms with E-state index in [1.807, 2.05) is 11.0 Å². The minimum atomic E-state index is 0.188. The minimum Gasteiger partial charge on any atom is -0.468 e. The van der Waals surface area contributed by atoms with Gasteiger partial charge in [-0.2, -0.15) is 0 Å². The van der Waals surface area contributed by atoms with Crippen molar-refractivity contribution >= 4 is 11.9 Å². The number of hydrogen-bond donors (Lipinski definition) is 2. The van der Waals surface area contributed by atoms with Crippen LogP contribution < -0.4 is 10.6 Å². The number of likely N-dealkylation sites (tertiary alicyclic amines) is 2. The zero-order valence-corrected chi connectivity index (χ0v) is 17.2. The molecule has 2 N–H and O–H groups in total. The molecule has 2 fully saturated rings. The molecule has 1 amide bonds. The Hall–Kier alpha value is -2.02. The first kappa shape index (κ1) is 20.7. The van der Waals surface area contributed by atoms with Gasteiger partial charge in [-0.05, 0) is 57.8 Å². The summed E-state index contributed by atoms with van der Waals surface area (Å²) in [4.78, 5) is 21.0. The van der Waals surface area contributed by atoms with E-state index in [4.69, 9.17) is 9.41 Å². The van der Waals surface area contributed by atoms with Crippen molar-refractivity contribution in [3.05, 3.63) is 24.2 Å². The highest BCUT2D eigenvalue weighted by Gasteiger charge is 2.24. The zero-order chi connectivity index (χ0) is 19.6. The summed E-state index contributed by atoms with van der Waals surface area (Å²) in [6, 6.07) is 4.20. The lowest BCUT2D eigenvalue weighted by molar-refractivity contribution is -0.127. The third-order valence-electron chi connectivity index (χ3n) is 5.54. The number of hydrogen-bond acceptors (Lipinski definition) is 4. The molecule has 7 heteroatoms. The Morgan fingerprint density at radius 3 is 2.75 bits per heavy atom. The Kier molecular flexibility index (Phi) is 8.21. The van der Waals surface area contributed by atoms with Gasteiger partial charge in [0.15, 0.2) is 5.96 Å². The molecule has 156 valence electrons. The van der Waals surface area contributed by atoms with E-state index < -0.39 is 0 Å². The summed E-state index contributed by atoms with van der Waals surface area (Å²) in [5.74, 6) is 2.13. The molecule has 3 rings (SSSR count). The molecule has 0 saturated carbocycles. The zero-order valence-electron chi connectivity index (χ0n) is 17.2. The van der Waals surface area contributed by atoms with Crippen LogP contribution in [0.3, 0.4) is 0 Å². The van der Waals surface area contributed by atoms with E-state index in [0.29, 0.717) is 18.9 Å². The first-order chi connectivity index (χ1) is 13.8. The largest absolute Gasteiger partial charge is 0.468 e. The second-order valence-electron chi connectivity index (χ2n) is 7.61. The lowest BCUT2D eigenvalue weighted by Crippen LogP contribution is -2.40. The van der Waals surface area contributed by atoms with Gasteiger partial charge in [0.25, 0.3) is 0 Å². The normalized spacial score (nSPS) is 19.8. The maximum absolute atomic E-state index is 11.7. The lowest BCUT2D eigenvalue weighted by atomic mass is 10.1. The summed E-state index contributed by atoms with van der Waals surface area (Å²) in [6.07, 6.45) is 8.20. The van der Waals surface area contributed by atoms with Crippen molar-refractivity contribution in [2.45, 2.75) is 51.5 Å². The van der Waals surface area contributed by atoms with Crippen molar-refractivity contribution in [3.8, 4) is 0 Å². The molecule has 1 aromatic heterocycles. The summed E-state index contributed by atoms with van der Waals surface area (Å²) in [6.45, 7) is 8.34. The fraction of sp³-hybridized carbons (Fsp3) is 0.714. The first-order valence-corrected chi connectivity index (χ1v) is 10.9. The standard InChI is InChI=1S/C21H35N5O2/c1-2-22-21(23-11-8-15-26-14-6-10-20(26)27)24-17-18(19-9-7-16-28-19)25-12-4-3-5-13-25/h7,9,16,18H,2-6,8,10-15,17H2,1H3,(H2,22,23,24). The van der Waals surface area contributed by atoms with E-state index in [9.17, 15) is 4.79 Å². The number of nitrogens with one attached hydrogen (secondary N) is 2. The molecule has 0 spiro atoms. The average Bonchev–Trinajstić information content (AvgIpc) is 3.38. The average molecular weight is 390 g/mol. The maximum Gasteiger partial charge on any atom is 0.222 e. The molecule has 3 heterocycles. The molecular formula is C21H35N5O2. The van der Waals surface area contributed by atoms with Gasteiger partial charge in [-0.15, -0.1) is 0 Å². The van der Waals surface area contributed by atoms with Crippen molar-refractivity contribution in [2.75, 3.05) is 45.8 Å². The molecule has 2 aliphatic heterocycles. The van der Waals surface area contributed by atoms with Crippen molar-refractivity contribution in [1.29, 1.82) is 0 Å². The van der Waals surface area contributed by atoms with Gasteiger partial charge < -0.3 is 20.0 Å². The van der Waals surface area contributed by atoms with Crippen molar-refractivity contribution < 1.29 is 9.21 Å². The summed E-state index contributed by atoms with van der Waals surface area (Å²) < 4.78 is 5.72. The highest BCUT2D eigenvalue weighted by Crippen LogP contribution is 2.25. The number of furan rings is 1. The van der Waals surface area contributed by atoms with E-state index in [1.54, 1.807) is 6.26 Å². The lowest BCUT2D eigenvalue weighted by Gasteiger charge is -2.32. The van der Waals surface area contributed by atoms with E-state index in [-0.39, 0.29) is 6.04 Å². The summed E-state index contributed by atoms with van der Waals surface area (Å²) in [5, 5.41) is 6.75. The molecule has 1 unspecified atom stereocenters. The van der Waals surface area contributed by atoms with Crippen LogP contribution in [0, 0.1) is 0 Å². The number of carbonyl (C=O) groups excluding carboxylic acids is 1. The molecule has 7 nitrogen and oxygen atoms in total. The van der Waals surface area contributed by atoms with Gasteiger partial charge >= 0.3 is 0 Å². The number of aliphatic imine (C=N–C) groups is 1. The van der Waals surface area contributed by atoms with Gasteiger partial charge in [0.1, 0.15) is 5.76 Å². The Labute approximate surface area is 168 Å². The van der Waals surface area contributed by atoms with Crippen molar-refractivity contribution in [1.82, 2.24) is 20.4 Å². The minimum absolute atomic E-state index is 0.188. The van der Waals surface area contributed by atoms with Crippen LogP contribution in [0.25, 0.3) is 0 Å². The highest BCUT2D eigenvalue weighted by molar-refractivity contribution is 5.80. The molecule has 0 aliphatic carbocycles. The van der Waals surface area contributed by atoms with Gasteiger partial charge in [0.05, 0.1) is 18.8 Å².